The van der Waals surface area contributed by atoms with E-state index in [-0.39, 0.29) is 0 Å². The van der Waals surface area contributed by atoms with Gasteiger partial charge in [-0.2, -0.15) is 0 Å². The van der Waals surface area contributed by atoms with Gasteiger partial charge in [0.05, 0.1) is 6.23 Å². The van der Waals surface area contributed by atoms with E-state index in [0.29, 0.717) is 6.23 Å². The van der Waals surface area contributed by atoms with Gasteiger partial charge < -0.3 is 21.2 Å². The first-order valence-corrected chi connectivity index (χ1v) is 17.0. The predicted octanol–water partition coefficient (Wildman–Crippen LogP) is 1.83. The second-order valence-electron chi connectivity index (χ2n) is 6.36. The lowest BCUT2D eigenvalue weighted by Crippen LogP contribution is -2.56. The van der Waals surface area contributed by atoms with Crippen molar-refractivity contribution in [3.63, 3.8) is 0 Å². The molecule has 0 radical (unpaired) electrons. The highest BCUT2D eigenvalue weighted by molar-refractivity contribution is 6.81. The summed E-state index contributed by atoms with van der Waals surface area (Å²) in [6.45, 7) is 9.16. The molecule has 0 aromatic heterocycles. The monoisotopic (exact) mass is 366 g/mol. The van der Waals surface area contributed by atoms with Crippen molar-refractivity contribution in [2.45, 2.75) is 58.3 Å². The van der Waals surface area contributed by atoms with Gasteiger partial charge in [0.25, 0.3) is 27.9 Å². The van der Waals surface area contributed by atoms with Crippen LogP contribution in [0.15, 0.2) is 0 Å². The molecule has 2 fully saturated rings. The van der Waals surface area contributed by atoms with Crippen LogP contribution in [0.3, 0.4) is 0 Å². The number of hydrogen-bond donors (Lipinski definition) is 0. The van der Waals surface area contributed by atoms with Crippen LogP contribution in [0.5, 0.6) is 0 Å². The summed E-state index contributed by atoms with van der Waals surface area (Å²) in [7, 11) is -7.10. The van der Waals surface area contributed by atoms with Gasteiger partial charge in [0.1, 0.15) is 0 Å². The number of ether oxygens (including phenoxy) is 1. The van der Waals surface area contributed by atoms with Crippen LogP contribution in [0.4, 0.5) is 0 Å². The topological polar surface area (TPSA) is 46.2 Å². The van der Waals surface area contributed by atoms with Crippen molar-refractivity contribution in [2.24, 2.45) is 5.92 Å². The van der Waals surface area contributed by atoms with Crippen LogP contribution in [0.2, 0.25) is 26.2 Å². The zero-order chi connectivity index (χ0) is 15.3. The van der Waals surface area contributed by atoms with Crippen LogP contribution in [0.1, 0.15) is 32.1 Å². The van der Waals surface area contributed by atoms with Crippen molar-refractivity contribution < 1.29 is 21.2 Å². The summed E-state index contributed by atoms with van der Waals surface area (Å²) in [6, 6.07) is 0. The predicted molar refractivity (Wildman–Crippen MR) is 92.4 cm³/mol. The standard InChI is InChI=1S/C12H30O5Si4/c1-18-14-19(2)16-21(4,17-20(3)15-18)11-13-10-12-8-6-5-7-9-12/h12,18-20H,5-11H2,1-4H3. The Balaban J connectivity index is 1.80. The van der Waals surface area contributed by atoms with Gasteiger partial charge in [-0.1, -0.05) is 19.3 Å². The molecule has 1 aliphatic carbocycles. The third-order valence-electron chi connectivity index (χ3n) is 4.04. The summed E-state index contributed by atoms with van der Waals surface area (Å²) in [5.74, 6) is 0.731. The zero-order valence-corrected chi connectivity index (χ0v) is 18.3. The molecule has 1 aliphatic heterocycles. The van der Waals surface area contributed by atoms with Gasteiger partial charge in [-0.15, -0.1) is 0 Å². The molecule has 0 bridgehead atoms. The van der Waals surface area contributed by atoms with Gasteiger partial charge in [-0.05, 0) is 44.9 Å². The van der Waals surface area contributed by atoms with Crippen molar-refractivity contribution in [1.29, 1.82) is 0 Å². The lowest BCUT2D eigenvalue weighted by atomic mass is 9.90. The Bertz CT molecular complexity index is 302. The molecule has 124 valence electrons. The largest absolute Gasteiger partial charge is 0.420 e. The molecule has 1 heterocycles. The highest BCUT2D eigenvalue weighted by atomic mass is 28.5. The van der Waals surface area contributed by atoms with Gasteiger partial charge in [0.2, 0.25) is 0 Å². The first-order chi connectivity index (χ1) is 9.97. The van der Waals surface area contributed by atoms with E-state index in [2.05, 4.69) is 26.2 Å². The molecule has 0 N–H and O–H groups in total. The van der Waals surface area contributed by atoms with Crippen LogP contribution < -0.4 is 0 Å². The minimum atomic E-state index is -2.29. The zero-order valence-electron chi connectivity index (χ0n) is 13.8. The maximum atomic E-state index is 6.21. The Kier molecular flexibility index (Phi) is 7.29. The van der Waals surface area contributed by atoms with E-state index in [4.69, 9.17) is 21.2 Å². The molecule has 5 nitrogen and oxygen atoms in total. The summed E-state index contributed by atoms with van der Waals surface area (Å²) in [6.07, 6.45) is 7.33. The minimum absolute atomic E-state index is 0.612. The fourth-order valence-electron chi connectivity index (χ4n) is 3.19. The molecule has 0 spiro atoms. The molecule has 2 rings (SSSR count). The van der Waals surface area contributed by atoms with Crippen molar-refractivity contribution in [2.75, 3.05) is 12.8 Å². The summed E-state index contributed by atoms with van der Waals surface area (Å²) in [5, 5.41) is 0. The molecule has 0 aromatic rings. The van der Waals surface area contributed by atoms with Crippen molar-refractivity contribution in [3.8, 4) is 0 Å². The Morgan fingerprint density at radius 3 is 2.10 bits per heavy atom. The molecular formula is C12H30O5Si4. The third kappa shape index (κ3) is 6.35. The van der Waals surface area contributed by atoms with E-state index in [1.807, 2.05) is 0 Å². The minimum Gasteiger partial charge on any atom is -0.420 e. The summed E-state index contributed by atoms with van der Waals surface area (Å²) in [4.78, 5) is 0. The average Bonchev–Trinajstić information content (AvgIpc) is 2.37. The average molecular weight is 367 g/mol. The maximum absolute atomic E-state index is 6.21. The van der Waals surface area contributed by atoms with E-state index in [1.54, 1.807) is 0 Å². The fraction of sp³-hybridized carbons (Fsp3) is 1.00. The molecule has 1 saturated heterocycles. The van der Waals surface area contributed by atoms with Crippen LogP contribution in [0.25, 0.3) is 0 Å². The molecule has 2 aliphatic rings. The fourth-order valence-corrected chi connectivity index (χ4v) is 17.2. The summed E-state index contributed by atoms with van der Waals surface area (Å²) in [5.41, 5.74) is 0. The van der Waals surface area contributed by atoms with Gasteiger partial charge in [-0.25, -0.2) is 0 Å². The molecule has 9 heteroatoms. The smallest absolute Gasteiger partial charge is 0.343 e. The van der Waals surface area contributed by atoms with Gasteiger partial charge >= 0.3 is 8.56 Å². The van der Waals surface area contributed by atoms with E-state index in [1.165, 1.54) is 32.1 Å². The molecule has 0 amide bonds. The second-order valence-corrected chi connectivity index (χ2v) is 16.4. The van der Waals surface area contributed by atoms with Crippen LogP contribution in [0, 0.1) is 5.92 Å². The Morgan fingerprint density at radius 1 is 0.952 bits per heavy atom. The van der Waals surface area contributed by atoms with Crippen LogP contribution in [-0.2, 0) is 21.2 Å². The summed E-state index contributed by atoms with van der Waals surface area (Å²) < 4.78 is 30.2. The molecule has 1 saturated carbocycles. The third-order valence-corrected chi connectivity index (χ3v) is 17.5. The first-order valence-electron chi connectivity index (χ1n) is 8.21. The summed E-state index contributed by atoms with van der Waals surface area (Å²) >= 11 is 0. The SMILES string of the molecule is C[SiH]1O[SiH](C)O[Si](C)(COCC2CCCCC2)O[SiH](C)O1. The molecule has 2 atom stereocenters. The highest BCUT2D eigenvalue weighted by Crippen LogP contribution is 2.24. The molecule has 21 heavy (non-hydrogen) atoms. The quantitative estimate of drug-likeness (QED) is 0.710. The first kappa shape index (κ1) is 18.0. The molecule has 0 aromatic carbocycles. The molecular weight excluding hydrogens is 336 g/mol. The lowest BCUT2D eigenvalue weighted by Gasteiger charge is -2.37. The Labute approximate surface area is 135 Å². The molecule has 2 unspecified atom stereocenters. The number of rotatable bonds is 4. The van der Waals surface area contributed by atoms with Gasteiger partial charge in [-0.3, -0.25) is 0 Å². The Hall–Kier alpha value is 0.668. The second kappa shape index (κ2) is 8.50. The van der Waals surface area contributed by atoms with Crippen LogP contribution in [-0.4, -0.2) is 49.2 Å². The maximum Gasteiger partial charge on any atom is 0.343 e. The van der Waals surface area contributed by atoms with E-state index in [0.717, 1.165) is 12.5 Å². The van der Waals surface area contributed by atoms with Crippen molar-refractivity contribution >= 4 is 36.4 Å². The highest BCUT2D eigenvalue weighted by Gasteiger charge is 2.40. The van der Waals surface area contributed by atoms with E-state index in [9.17, 15) is 0 Å². The van der Waals surface area contributed by atoms with Gasteiger partial charge in [0, 0.05) is 6.61 Å². The Morgan fingerprint density at radius 2 is 1.52 bits per heavy atom. The normalized spacial score (nSPS) is 39.7. The lowest BCUT2D eigenvalue weighted by molar-refractivity contribution is 0.0961. The van der Waals surface area contributed by atoms with E-state index >= 15 is 0 Å². The van der Waals surface area contributed by atoms with Crippen molar-refractivity contribution in [1.82, 2.24) is 0 Å². The van der Waals surface area contributed by atoms with E-state index < -0.39 is 36.4 Å². The van der Waals surface area contributed by atoms with Gasteiger partial charge in [0.15, 0.2) is 0 Å². The van der Waals surface area contributed by atoms with Crippen molar-refractivity contribution in [3.05, 3.63) is 0 Å². The number of hydrogen-bond acceptors (Lipinski definition) is 5. The van der Waals surface area contributed by atoms with Crippen LogP contribution >= 0.6 is 0 Å².